The number of nitrogens with one attached hydrogen (secondary N) is 2. The molecule has 6 heteroatoms. The Bertz CT molecular complexity index is 878. The molecule has 5 nitrogen and oxygen atoms in total. The number of Topliss-reactive ketones (excluding diaryl/α,β-unsaturated/α-hetero) is 1. The molecule has 2 N–H and O–H groups in total. The number of thiophene rings is 1. The van der Waals surface area contributed by atoms with Crippen LogP contribution in [0.5, 0.6) is 5.75 Å². The molecule has 0 aliphatic heterocycles. The number of rotatable bonds is 8. The molecule has 3 aromatic rings. The summed E-state index contributed by atoms with van der Waals surface area (Å²) in [6, 6.07) is 19.7. The van der Waals surface area contributed by atoms with E-state index in [0.29, 0.717) is 22.7 Å². The topological polar surface area (TPSA) is 67.4 Å². The quantitative estimate of drug-likeness (QED) is 0.454. The Balaban J connectivity index is 1.80. The maximum absolute atomic E-state index is 12.9. The average molecular weight is 380 g/mol. The van der Waals surface area contributed by atoms with Crippen LogP contribution in [0.25, 0.3) is 0 Å². The lowest BCUT2D eigenvalue weighted by atomic mass is 10.1. The van der Waals surface area contributed by atoms with Crippen LogP contribution in [0.4, 0.5) is 5.69 Å². The maximum atomic E-state index is 12.9. The van der Waals surface area contributed by atoms with Gasteiger partial charge < -0.3 is 15.4 Å². The first kappa shape index (κ1) is 18.7. The molecule has 2 aromatic carbocycles. The van der Waals surface area contributed by atoms with Gasteiger partial charge in [0.1, 0.15) is 5.75 Å². The SMILES string of the molecule is CCOc1ccc(N[C@H](NC(=O)c2cccs2)C(=O)c2ccccc2)cc1. The van der Waals surface area contributed by atoms with Gasteiger partial charge in [-0.25, -0.2) is 0 Å². The van der Waals surface area contributed by atoms with E-state index in [1.807, 2.05) is 42.6 Å². The highest BCUT2D eigenvalue weighted by atomic mass is 32.1. The van der Waals surface area contributed by atoms with Gasteiger partial charge in [0, 0.05) is 11.3 Å². The van der Waals surface area contributed by atoms with Crippen molar-refractivity contribution in [1.29, 1.82) is 0 Å². The fourth-order valence-electron chi connectivity index (χ4n) is 2.53. The van der Waals surface area contributed by atoms with Crippen LogP contribution in [0.15, 0.2) is 72.1 Å². The molecule has 0 spiro atoms. The molecular formula is C21H20N2O3S. The minimum atomic E-state index is -0.889. The molecule has 1 atom stereocenters. The second-order valence-electron chi connectivity index (χ2n) is 5.72. The van der Waals surface area contributed by atoms with Gasteiger partial charge in [0.2, 0.25) is 5.78 Å². The number of ketones is 1. The Morgan fingerprint density at radius 1 is 1.00 bits per heavy atom. The molecule has 3 rings (SSSR count). The Morgan fingerprint density at radius 3 is 2.37 bits per heavy atom. The van der Waals surface area contributed by atoms with E-state index in [-0.39, 0.29) is 11.7 Å². The van der Waals surface area contributed by atoms with Gasteiger partial charge in [0.25, 0.3) is 5.91 Å². The van der Waals surface area contributed by atoms with Crippen molar-refractivity contribution >= 4 is 28.7 Å². The molecule has 0 aliphatic carbocycles. The zero-order chi connectivity index (χ0) is 19.1. The summed E-state index contributed by atoms with van der Waals surface area (Å²) in [7, 11) is 0. The van der Waals surface area contributed by atoms with Crippen molar-refractivity contribution in [2.45, 2.75) is 13.1 Å². The van der Waals surface area contributed by atoms with E-state index in [9.17, 15) is 9.59 Å². The van der Waals surface area contributed by atoms with E-state index in [0.717, 1.165) is 5.75 Å². The second-order valence-corrected chi connectivity index (χ2v) is 6.66. The van der Waals surface area contributed by atoms with Gasteiger partial charge in [-0.2, -0.15) is 0 Å². The van der Waals surface area contributed by atoms with E-state index in [1.165, 1.54) is 11.3 Å². The van der Waals surface area contributed by atoms with Crippen LogP contribution in [0.3, 0.4) is 0 Å². The van der Waals surface area contributed by atoms with Crippen molar-refractivity contribution in [2.75, 3.05) is 11.9 Å². The summed E-state index contributed by atoms with van der Waals surface area (Å²) in [5.74, 6) is 0.240. The summed E-state index contributed by atoms with van der Waals surface area (Å²) in [5, 5.41) is 7.71. The van der Waals surface area contributed by atoms with Gasteiger partial charge in [-0.1, -0.05) is 36.4 Å². The van der Waals surface area contributed by atoms with Crippen LogP contribution in [0, 0.1) is 0 Å². The number of hydrogen-bond donors (Lipinski definition) is 2. The molecule has 1 heterocycles. The third-order valence-corrected chi connectivity index (χ3v) is 4.69. The number of anilines is 1. The van der Waals surface area contributed by atoms with Gasteiger partial charge in [-0.05, 0) is 42.6 Å². The Labute approximate surface area is 162 Å². The maximum Gasteiger partial charge on any atom is 0.263 e. The van der Waals surface area contributed by atoms with Crippen LogP contribution < -0.4 is 15.4 Å². The van der Waals surface area contributed by atoms with Crippen LogP contribution in [0.2, 0.25) is 0 Å². The normalized spacial score (nSPS) is 11.4. The zero-order valence-electron chi connectivity index (χ0n) is 14.8. The molecule has 0 bridgehead atoms. The van der Waals surface area contributed by atoms with Gasteiger partial charge in [-0.3, -0.25) is 9.59 Å². The highest BCUT2D eigenvalue weighted by Crippen LogP contribution is 2.17. The first-order chi connectivity index (χ1) is 13.2. The minimum absolute atomic E-state index is 0.214. The number of carbonyl (C=O) groups excluding carboxylic acids is 2. The molecular weight excluding hydrogens is 360 g/mol. The van der Waals surface area contributed by atoms with Crippen molar-refractivity contribution in [2.24, 2.45) is 0 Å². The number of ether oxygens (including phenoxy) is 1. The van der Waals surface area contributed by atoms with Gasteiger partial charge in [0.15, 0.2) is 6.17 Å². The van der Waals surface area contributed by atoms with Crippen molar-refractivity contribution < 1.29 is 14.3 Å². The number of amides is 1. The molecule has 0 aliphatic rings. The van der Waals surface area contributed by atoms with E-state index in [4.69, 9.17) is 4.74 Å². The Morgan fingerprint density at radius 2 is 1.74 bits per heavy atom. The minimum Gasteiger partial charge on any atom is -0.494 e. The van der Waals surface area contributed by atoms with Crippen LogP contribution in [-0.2, 0) is 0 Å². The third-order valence-electron chi connectivity index (χ3n) is 3.82. The molecule has 1 amide bonds. The van der Waals surface area contributed by atoms with Crippen LogP contribution >= 0.6 is 11.3 Å². The van der Waals surface area contributed by atoms with E-state index in [2.05, 4.69) is 10.6 Å². The molecule has 0 saturated carbocycles. The predicted molar refractivity (Wildman–Crippen MR) is 108 cm³/mol. The highest BCUT2D eigenvalue weighted by Gasteiger charge is 2.23. The van der Waals surface area contributed by atoms with Gasteiger partial charge >= 0.3 is 0 Å². The summed E-state index contributed by atoms with van der Waals surface area (Å²) < 4.78 is 5.43. The lowest BCUT2D eigenvalue weighted by Crippen LogP contribution is -2.46. The first-order valence-electron chi connectivity index (χ1n) is 8.60. The number of carbonyl (C=O) groups is 2. The molecule has 0 radical (unpaired) electrons. The van der Waals surface area contributed by atoms with Crippen molar-refractivity contribution in [3.8, 4) is 5.75 Å². The van der Waals surface area contributed by atoms with Crippen molar-refractivity contribution in [3.05, 3.63) is 82.6 Å². The van der Waals surface area contributed by atoms with Gasteiger partial charge in [0.05, 0.1) is 11.5 Å². The monoisotopic (exact) mass is 380 g/mol. The predicted octanol–water partition coefficient (Wildman–Crippen LogP) is 4.20. The summed E-state index contributed by atoms with van der Waals surface area (Å²) in [4.78, 5) is 25.9. The molecule has 27 heavy (non-hydrogen) atoms. The zero-order valence-corrected chi connectivity index (χ0v) is 15.7. The summed E-state index contributed by atoms with van der Waals surface area (Å²) in [6.07, 6.45) is -0.889. The Kier molecular flexibility index (Phi) is 6.22. The Hall–Kier alpha value is -3.12. The third kappa shape index (κ3) is 4.95. The largest absolute Gasteiger partial charge is 0.494 e. The summed E-state index contributed by atoms with van der Waals surface area (Å²) >= 11 is 1.33. The van der Waals surface area contributed by atoms with E-state index < -0.39 is 6.17 Å². The molecule has 138 valence electrons. The molecule has 1 aromatic heterocycles. The smallest absolute Gasteiger partial charge is 0.263 e. The average Bonchev–Trinajstić information content (AvgIpc) is 3.24. The van der Waals surface area contributed by atoms with E-state index >= 15 is 0 Å². The standard InChI is InChI=1S/C21H20N2O3S/c1-2-26-17-12-10-16(11-13-17)22-20(19(24)15-7-4-3-5-8-15)23-21(25)18-9-6-14-27-18/h3-14,20,22H,2H2,1H3,(H,23,25)/t20-/m1/s1. The lowest BCUT2D eigenvalue weighted by Gasteiger charge is -2.20. The fourth-order valence-corrected chi connectivity index (χ4v) is 3.15. The summed E-state index contributed by atoms with van der Waals surface area (Å²) in [5.41, 5.74) is 1.23. The summed E-state index contributed by atoms with van der Waals surface area (Å²) in [6.45, 7) is 2.50. The fraction of sp³-hybridized carbons (Fsp3) is 0.143. The lowest BCUT2D eigenvalue weighted by molar-refractivity contribution is 0.0872. The van der Waals surface area contributed by atoms with E-state index in [1.54, 1.807) is 36.4 Å². The van der Waals surface area contributed by atoms with Crippen molar-refractivity contribution in [1.82, 2.24) is 5.32 Å². The molecule has 0 fully saturated rings. The second kappa shape index (κ2) is 9.00. The highest BCUT2D eigenvalue weighted by molar-refractivity contribution is 7.12. The molecule has 0 unspecified atom stereocenters. The van der Waals surface area contributed by atoms with Crippen molar-refractivity contribution in [3.63, 3.8) is 0 Å². The number of benzene rings is 2. The first-order valence-corrected chi connectivity index (χ1v) is 9.48. The van der Waals surface area contributed by atoms with Crippen LogP contribution in [0.1, 0.15) is 27.0 Å². The van der Waals surface area contributed by atoms with Gasteiger partial charge in [-0.15, -0.1) is 11.3 Å². The molecule has 0 saturated heterocycles. The van der Waals surface area contributed by atoms with Crippen LogP contribution in [-0.4, -0.2) is 24.5 Å². The number of hydrogen-bond acceptors (Lipinski definition) is 5.